The molecule has 0 radical (unpaired) electrons. The molecule has 0 amide bonds. The van der Waals surface area contributed by atoms with Gasteiger partial charge in [0.2, 0.25) is 0 Å². The van der Waals surface area contributed by atoms with E-state index in [1.54, 1.807) is 12.1 Å². The second-order valence-electron chi connectivity index (χ2n) is 3.27. The van der Waals surface area contributed by atoms with Crippen molar-refractivity contribution in [2.45, 2.75) is 0 Å². The second kappa shape index (κ2) is 5.32. The van der Waals surface area contributed by atoms with E-state index in [9.17, 15) is 4.21 Å². The monoisotopic (exact) mass is 292 g/mol. The minimum Gasteiger partial charge on any atom is -0.205 e. The van der Waals surface area contributed by atoms with Gasteiger partial charge < -0.3 is 0 Å². The number of halogens is 1. The quantitative estimate of drug-likeness (QED) is 0.799. The topological polar surface area (TPSA) is 64.7 Å². The largest absolute Gasteiger partial charge is 0.205 e. The van der Waals surface area contributed by atoms with Gasteiger partial charge in [0.15, 0.2) is 0 Å². The molecule has 1 atom stereocenters. The first-order valence-corrected chi connectivity index (χ1v) is 7.65. The SMILES string of the molecule is N#CC1=C(c2ccccc2)S(=S=O)C(C#N)=C1Cl. The minimum atomic E-state index is -1.02. The highest BCUT2D eigenvalue weighted by Crippen LogP contribution is 2.40. The van der Waals surface area contributed by atoms with E-state index >= 15 is 0 Å². The van der Waals surface area contributed by atoms with Crippen LogP contribution in [0.25, 0.3) is 4.91 Å². The van der Waals surface area contributed by atoms with Gasteiger partial charge in [0.05, 0.1) is 10.6 Å². The molecular weight excluding hydrogens is 288 g/mol. The first-order valence-electron chi connectivity index (χ1n) is 4.79. The van der Waals surface area contributed by atoms with Crippen LogP contribution in [0.2, 0.25) is 0 Å². The van der Waals surface area contributed by atoms with Crippen molar-refractivity contribution in [3.8, 4) is 12.1 Å². The summed E-state index contributed by atoms with van der Waals surface area (Å²) in [6, 6.07) is 13.0. The summed E-state index contributed by atoms with van der Waals surface area (Å²) in [5.41, 5.74) is 0.982. The summed E-state index contributed by atoms with van der Waals surface area (Å²) in [5, 5.41) is 18.3. The van der Waals surface area contributed by atoms with Gasteiger partial charge in [-0.25, -0.2) is 4.21 Å². The third-order valence-corrected chi connectivity index (χ3v) is 5.85. The van der Waals surface area contributed by atoms with Crippen molar-refractivity contribution in [2.75, 3.05) is 0 Å². The predicted octanol–water partition coefficient (Wildman–Crippen LogP) is 2.66. The van der Waals surface area contributed by atoms with E-state index in [4.69, 9.17) is 22.1 Å². The average molecular weight is 293 g/mol. The van der Waals surface area contributed by atoms with E-state index in [1.165, 1.54) is 0 Å². The van der Waals surface area contributed by atoms with Crippen molar-refractivity contribution in [2.24, 2.45) is 0 Å². The molecule has 0 fully saturated rings. The van der Waals surface area contributed by atoms with Gasteiger partial charge in [-0.3, -0.25) is 0 Å². The number of nitrogens with zero attached hydrogens (tertiary/aromatic N) is 2. The fraction of sp³-hybridized carbons (Fsp3) is 0. The van der Waals surface area contributed by atoms with Crippen molar-refractivity contribution in [1.82, 2.24) is 0 Å². The first-order chi connectivity index (χ1) is 8.74. The van der Waals surface area contributed by atoms with E-state index in [0.29, 0.717) is 15.1 Å². The lowest BCUT2D eigenvalue weighted by atomic mass is 10.1. The summed E-state index contributed by atoms with van der Waals surface area (Å²) >= 11 is 5.99. The molecule has 0 aliphatic carbocycles. The smallest absolute Gasteiger partial charge is 0.131 e. The first kappa shape index (κ1) is 12.8. The molecular formula is C12H5ClN2OS2. The van der Waals surface area contributed by atoms with Crippen LogP contribution < -0.4 is 0 Å². The summed E-state index contributed by atoms with van der Waals surface area (Å²) in [4.78, 5) is 0.742. The van der Waals surface area contributed by atoms with Gasteiger partial charge in [0, 0.05) is 4.91 Å². The number of hydrogen-bond donors (Lipinski definition) is 0. The highest BCUT2D eigenvalue weighted by molar-refractivity contribution is 8.38. The zero-order chi connectivity index (χ0) is 13.1. The molecule has 1 aromatic rings. The normalized spacial score (nSPS) is 18.5. The maximum Gasteiger partial charge on any atom is 0.131 e. The highest BCUT2D eigenvalue weighted by atomic mass is 35.5. The van der Waals surface area contributed by atoms with Gasteiger partial charge in [-0.05, 0) is 15.0 Å². The zero-order valence-corrected chi connectivity index (χ0v) is 11.3. The average Bonchev–Trinajstić information content (AvgIpc) is 2.70. The Hall–Kier alpha value is -1.66. The lowest BCUT2D eigenvalue weighted by molar-refractivity contribution is 0.701. The molecule has 18 heavy (non-hydrogen) atoms. The molecule has 0 saturated carbocycles. The van der Waals surface area contributed by atoms with Crippen LogP contribution in [0.1, 0.15) is 5.56 Å². The van der Waals surface area contributed by atoms with Crippen LogP contribution in [0.4, 0.5) is 0 Å². The summed E-state index contributed by atoms with van der Waals surface area (Å²) in [7, 11) is -0.721. The number of nitriles is 2. The molecule has 6 heteroatoms. The van der Waals surface area contributed by atoms with E-state index in [1.807, 2.05) is 30.3 Å². The van der Waals surface area contributed by atoms with Crippen LogP contribution in [0, 0.1) is 22.7 Å². The summed E-state index contributed by atoms with van der Waals surface area (Å²) in [6.07, 6.45) is 0. The Morgan fingerprint density at radius 2 is 1.83 bits per heavy atom. The number of benzene rings is 1. The van der Waals surface area contributed by atoms with Crippen molar-refractivity contribution >= 4 is 36.2 Å². The Labute approximate surface area is 114 Å². The van der Waals surface area contributed by atoms with Crippen molar-refractivity contribution in [3.63, 3.8) is 0 Å². The van der Waals surface area contributed by atoms with Gasteiger partial charge in [-0.15, -0.1) is 0 Å². The molecule has 0 N–H and O–H groups in total. The molecule has 0 saturated heterocycles. The second-order valence-corrected chi connectivity index (χ2v) is 6.55. The van der Waals surface area contributed by atoms with Crippen LogP contribution in [0.15, 0.2) is 45.8 Å². The zero-order valence-electron chi connectivity index (χ0n) is 8.88. The van der Waals surface area contributed by atoms with Gasteiger partial charge in [-0.1, -0.05) is 41.9 Å². The molecule has 2 rings (SSSR count). The molecule has 0 aromatic heterocycles. The Balaban J connectivity index is 2.77. The molecule has 1 aromatic carbocycles. The minimum absolute atomic E-state index is 0.102. The van der Waals surface area contributed by atoms with Crippen molar-refractivity contribution in [1.29, 1.82) is 10.5 Å². The van der Waals surface area contributed by atoms with Crippen molar-refractivity contribution < 1.29 is 4.21 Å². The molecule has 3 nitrogen and oxygen atoms in total. The lowest BCUT2D eigenvalue weighted by Crippen LogP contribution is -1.92. The van der Waals surface area contributed by atoms with Crippen LogP contribution in [0.5, 0.6) is 0 Å². The molecule has 1 aliphatic rings. The maximum atomic E-state index is 11.2. The van der Waals surface area contributed by atoms with Gasteiger partial charge in [0.25, 0.3) is 0 Å². The van der Waals surface area contributed by atoms with Gasteiger partial charge in [0.1, 0.15) is 27.3 Å². The van der Waals surface area contributed by atoms with Crippen LogP contribution in [-0.2, 0) is 19.7 Å². The van der Waals surface area contributed by atoms with Crippen molar-refractivity contribution in [3.05, 3.63) is 51.4 Å². The van der Waals surface area contributed by atoms with Crippen LogP contribution in [-0.4, -0.2) is 4.21 Å². The maximum absolute atomic E-state index is 11.2. The molecule has 0 bridgehead atoms. The Kier molecular flexibility index (Phi) is 3.78. The molecule has 1 heterocycles. The fourth-order valence-electron chi connectivity index (χ4n) is 1.59. The van der Waals surface area contributed by atoms with Crippen LogP contribution >= 0.6 is 11.6 Å². The molecule has 1 unspecified atom stereocenters. The van der Waals surface area contributed by atoms with E-state index < -0.39 is 9.45 Å². The summed E-state index contributed by atoms with van der Waals surface area (Å²) < 4.78 is 11.2. The lowest BCUT2D eigenvalue weighted by Gasteiger charge is -2.03. The Morgan fingerprint density at radius 3 is 2.33 bits per heavy atom. The molecule has 0 spiro atoms. The Bertz CT molecular complexity index is 717. The summed E-state index contributed by atoms with van der Waals surface area (Å²) in [5.74, 6) is 0. The molecule has 88 valence electrons. The fourth-order valence-corrected chi connectivity index (χ4v) is 4.87. The van der Waals surface area contributed by atoms with E-state index in [0.717, 1.165) is 5.56 Å². The predicted molar refractivity (Wildman–Crippen MR) is 73.0 cm³/mol. The molecule has 1 aliphatic heterocycles. The number of hydrogen-bond acceptors (Lipinski definition) is 3. The highest BCUT2D eigenvalue weighted by Gasteiger charge is 2.29. The summed E-state index contributed by atoms with van der Waals surface area (Å²) in [6.45, 7) is 0. The van der Waals surface area contributed by atoms with Crippen LogP contribution in [0.3, 0.4) is 0 Å². The van der Waals surface area contributed by atoms with E-state index in [-0.39, 0.29) is 15.5 Å². The third kappa shape index (κ3) is 1.93. The number of rotatable bonds is 1. The number of allylic oxidation sites excluding steroid dienone is 3. The van der Waals surface area contributed by atoms with Gasteiger partial charge in [-0.2, -0.15) is 10.5 Å². The standard InChI is InChI=1S/C12H5ClN2OS2/c13-11-9(6-14)12(8-4-2-1-3-5-8)18(17-16)10(11)7-15/h1-5H. The van der Waals surface area contributed by atoms with Gasteiger partial charge >= 0.3 is 0 Å². The third-order valence-electron chi connectivity index (χ3n) is 2.33. The Morgan fingerprint density at radius 1 is 1.17 bits per heavy atom. The van der Waals surface area contributed by atoms with E-state index in [2.05, 4.69) is 0 Å².